The maximum absolute atomic E-state index is 6.27. The fourth-order valence-corrected chi connectivity index (χ4v) is 2.82. The highest BCUT2D eigenvalue weighted by molar-refractivity contribution is 6.32. The number of fused-ring (bicyclic) bond motifs is 1. The third-order valence-electron chi connectivity index (χ3n) is 3.59. The van der Waals surface area contributed by atoms with Gasteiger partial charge in [-0.1, -0.05) is 11.6 Å². The summed E-state index contributed by atoms with van der Waals surface area (Å²) in [5.41, 5.74) is 8.28. The number of ether oxygens (including phenoxy) is 1. The third-order valence-corrected chi connectivity index (χ3v) is 3.88. The Hall–Kier alpha value is -1.19. The number of nitrogens with one attached hydrogen (secondary N) is 1. The summed E-state index contributed by atoms with van der Waals surface area (Å²) in [6, 6.07) is 4.28. The summed E-state index contributed by atoms with van der Waals surface area (Å²) in [6.45, 7) is 0.820. The summed E-state index contributed by atoms with van der Waals surface area (Å²) in [5, 5.41) is 3.86. The van der Waals surface area contributed by atoms with E-state index in [9.17, 15) is 0 Å². The Balaban J connectivity index is 1.82. The summed E-state index contributed by atoms with van der Waals surface area (Å²) >= 11 is 6.27. The minimum Gasteiger partial charge on any atom is -0.489 e. The first-order valence-electron chi connectivity index (χ1n) is 6.37. The predicted octanol–water partition coefficient (Wildman–Crippen LogP) is 2.67. The largest absolute Gasteiger partial charge is 0.489 e. The average Bonchev–Trinajstić information content (AvgIpc) is 2.76. The van der Waals surface area contributed by atoms with Gasteiger partial charge in [0.25, 0.3) is 0 Å². The van der Waals surface area contributed by atoms with Gasteiger partial charge in [0.15, 0.2) is 0 Å². The van der Waals surface area contributed by atoms with E-state index in [-0.39, 0.29) is 12.1 Å². The lowest BCUT2D eigenvalue weighted by Gasteiger charge is -2.18. The van der Waals surface area contributed by atoms with E-state index in [1.54, 1.807) is 0 Å². The van der Waals surface area contributed by atoms with E-state index >= 15 is 0 Å². The molecule has 2 atom stereocenters. The molecule has 0 saturated heterocycles. The molecule has 18 heavy (non-hydrogen) atoms. The molecule has 0 unspecified atom stereocenters. The first-order valence-corrected chi connectivity index (χ1v) is 6.75. The lowest BCUT2D eigenvalue weighted by atomic mass is 10.0. The van der Waals surface area contributed by atoms with Crippen molar-refractivity contribution in [3.63, 3.8) is 0 Å². The fourth-order valence-electron chi connectivity index (χ4n) is 2.59. The molecule has 0 aromatic heterocycles. The van der Waals surface area contributed by atoms with Crippen molar-refractivity contribution in [2.45, 2.75) is 38.0 Å². The number of nitrogens with two attached hydrogens (primary N) is 1. The number of hydrogen-bond donors (Lipinski definition) is 2. The van der Waals surface area contributed by atoms with Gasteiger partial charge in [-0.2, -0.15) is 0 Å². The SMILES string of the molecule is N[C@@H]1CC[C@H](Oc2cc3c(cc2Cl)CNC=C3)C1. The second kappa shape index (κ2) is 4.82. The summed E-state index contributed by atoms with van der Waals surface area (Å²) in [7, 11) is 0. The molecule has 0 radical (unpaired) electrons. The lowest BCUT2D eigenvalue weighted by molar-refractivity contribution is 0.208. The predicted molar refractivity (Wildman–Crippen MR) is 73.6 cm³/mol. The van der Waals surface area contributed by atoms with Gasteiger partial charge in [-0.3, -0.25) is 0 Å². The Kier molecular flexibility index (Phi) is 3.18. The molecule has 96 valence electrons. The molecule has 1 heterocycles. The Morgan fingerprint density at radius 2 is 2.22 bits per heavy atom. The zero-order chi connectivity index (χ0) is 12.5. The molecule has 0 amide bonds. The molecule has 0 spiro atoms. The zero-order valence-electron chi connectivity index (χ0n) is 10.2. The van der Waals surface area contributed by atoms with Gasteiger partial charge in [0.05, 0.1) is 5.02 Å². The highest BCUT2D eigenvalue weighted by Gasteiger charge is 2.24. The summed E-state index contributed by atoms with van der Waals surface area (Å²) < 4.78 is 5.98. The quantitative estimate of drug-likeness (QED) is 0.863. The molecular formula is C14H17ClN2O. The van der Waals surface area contributed by atoms with Crippen LogP contribution >= 0.6 is 11.6 Å². The van der Waals surface area contributed by atoms with Gasteiger partial charge >= 0.3 is 0 Å². The molecule has 0 bridgehead atoms. The van der Waals surface area contributed by atoms with Gasteiger partial charge in [-0.15, -0.1) is 0 Å². The van der Waals surface area contributed by atoms with Crippen LogP contribution in [0.3, 0.4) is 0 Å². The van der Waals surface area contributed by atoms with Crippen LogP contribution in [0.1, 0.15) is 30.4 Å². The van der Waals surface area contributed by atoms with E-state index in [4.69, 9.17) is 22.1 Å². The van der Waals surface area contributed by atoms with Crippen LogP contribution in [0.4, 0.5) is 0 Å². The van der Waals surface area contributed by atoms with Crippen LogP contribution in [0, 0.1) is 0 Å². The van der Waals surface area contributed by atoms with Gasteiger partial charge < -0.3 is 15.8 Å². The summed E-state index contributed by atoms with van der Waals surface area (Å²) in [4.78, 5) is 0. The number of hydrogen-bond acceptors (Lipinski definition) is 3. The second-order valence-corrected chi connectivity index (χ2v) is 5.42. The van der Waals surface area contributed by atoms with Crippen molar-refractivity contribution in [2.75, 3.05) is 0 Å². The normalized spacial score (nSPS) is 25.7. The number of halogens is 1. The Labute approximate surface area is 112 Å². The molecular weight excluding hydrogens is 248 g/mol. The maximum Gasteiger partial charge on any atom is 0.138 e. The molecule has 1 aromatic carbocycles. The monoisotopic (exact) mass is 264 g/mol. The van der Waals surface area contributed by atoms with Crippen molar-refractivity contribution in [3.8, 4) is 5.75 Å². The van der Waals surface area contributed by atoms with E-state index in [2.05, 4.69) is 5.32 Å². The van der Waals surface area contributed by atoms with E-state index < -0.39 is 0 Å². The van der Waals surface area contributed by atoms with E-state index in [0.717, 1.165) is 31.6 Å². The average molecular weight is 265 g/mol. The van der Waals surface area contributed by atoms with Gasteiger partial charge in [-0.25, -0.2) is 0 Å². The van der Waals surface area contributed by atoms with Crippen LogP contribution < -0.4 is 15.8 Å². The highest BCUT2D eigenvalue weighted by Crippen LogP contribution is 2.33. The highest BCUT2D eigenvalue weighted by atomic mass is 35.5. The molecule has 2 aliphatic rings. The molecule has 3 N–H and O–H groups in total. The minimum absolute atomic E-state index is 0.209. The molecule has 1 aromatic rings. The van der Waals surface area contributed by atoms with Gasteiger partial charge in [0.2, 0.25) is 0 Å². The lowest BCUT2D eigenvalue weighted by Crippen LogP contribution is -2.19. The van der Waals surface area contributed by atoms with Crippen LogP contribution in [0.2, 0.25) is 5.02 Å². The van der Waals surface area contributed by atoms with Crippen LogP contribution in [-0.2, 0) is 6.54 Å². The molecule has 1 saturated carbocycles. The van der Waals surface area contributed by atoms with Crippen LogP contribution in [-0.4, -0.2) is 12.1 Å². The molecule has 3 rings (SSSR count). The molecule has 1 aliphatic carbocycles. The summed E-state index contributed by atoms with van der Waals surface area (Å²) in [5.74, 6) is 0.779. The topological polar surface area (TPSA) is 47.3 Å². The van der Waals surface area contributed by atoms with Crippen molar-refractivity contribution < 1.29 is 4.74 Å². The van der Waals surface area contributed by atoms with Crippen LogP contribution in [0.25, 0.3) is 6.08 Å². The van der Waals surface area contributed by atoms with Gasteiger partial charge in [0, 0.05) is 12.6 Å². The third kappa shape index (κ3) is 2.33. The van der Waals surface area contributed by atoms with Gasteiger partial charge in [0.1, 0.15) is 11.9 Å². The minimum atomic E-state index is 0.209. The molecule has 1 aliphatic heterocycles. The zero-order valence-corrected chi connectivity index (χ0v) is 10.9. The Bertz CT molecular complexity index is 487. The van der Waals surface area contributed by atoms with Crippen LogP contribution in [0.15, 0.2) is 18.3 Å². The molecule has 4 heteroatoms. The number of rotatable bonds is 2. The van der Waals surface area contributed by atoms with Crippen LogP contribution in [0.5, 0.6) is 5.75 Å². The number of benzene rings is 1. The smallest absolute Gasteiger partial charge is 0.138 e. The Morgan fingerprint density at radius 1 is 1.33 bits per heavy atom. The standard InChI is InChI=1S/C14H17ClN2O/c15-13-5-10-8-17-4-3-9(10)6-14(13)18-12-2-1-11(16)7-12/h3-6,11-12,17H,1-2,7-8,16H2/t11-,12+/m1/s1. The van der Waals surface area contributed by atoms with Gasteiger partial charge in [-0.05, 0) is 54.8 Å². The van der Waals surface area contributed by atoms with Crippen molar-refractivity contribution >= 4 is 17.7 Å². The van der Waals surface area contributed by atoms with Crippen molar-refractivity contribution in [1.82, 2.24) is 5.32 Å². The second-order valence-electron chi connectivity index (χ2n) is 5.01. The van der Waals surface area contributed by atoms with E-state index in [0.29, 0.717) is 5.02 Å². The van der Waals surface area contributed by atoms with E-state index in [1.165, 1.54) is 11.1 Å². The first kappa shape index (κ1) is 11.9. The Morgan fingerprint density at radius 3 is 3.00 bits per heavy atom. The molecule has 1 fully saturated rings. The van der Waals surface area contributed by atoms with Crippen molar-refractivity contribution in [3.05, 3.63) is 34.5 Å². The first-order chi connectivity index (χ1) is 8.72. The summed E-state index contributed by atoms with van der Waals surface area (Å²) in [6.07, 6.45) is 7.18. The van der Waals surface area contributed by atoms with E-state index in [1.807, 2.05) is 24.4 Å². The van der Waals surface area contributed by atoms with Crippen molar-refractivity contribution in [2.24, 2.45) is 5.73 Å². The molecule has 3 nitrogen and oxygen atoms in total. The fraction of sp³-hybridized carbons (Fsp3) is 0.429. The van der Waals surface area contributed by atoms with Crippen molar-refractivity contribution in [1.29, 1.82) is 0 Å². The maximum atomic E-state index is 6.27.